The van der Waals surface area contributed by atoms with Crippen molar-refractivity contribution in [1.82, 2.24) is 9.55 Å². The molecule has 1 aromatic heterocycles. The molecule has 0 aliphatic carbocycles. The van der Waals surface area contributed by atoms with Crippen LogP contribution in [-0.4, -0.2) is 14.7 Å². The van der Waals surface area contributed by atoms with E-state index in [0.717, 1.165) is 0 Å². The van der Waals surface area contributed by atoms with Crippen molar-refractivity contribution in [2.45, 2.75) is 27.3 Å². The Balaban J connectivity index is 3.41. The summed E-state index contributed by atoms with van der Waals surface area (Å²) in [6.07, 6.45) is 5.08. The average Bonchev–Trinajstić information content (AvgIpc) is 2.22. The average molecular weight is 266 g/mol. The summed E-state index contributed by atoms with van der Waals surface area (Å²) in [5, 5.41) is 10.1. The van der Waals surface area contributed by atoms with Gasteiger partial charge >= 0.3 is 0 Å². The molecule has 0 aliphatic heterocycles. The summed E-state index contributed by atoms with van der Waals surface area (Å²) in [4.78, 5) is 14.3. The Morgan fingerprint density at radius 3 is 2.61 bits per heavy atom. The molecule has 2 N–H and O–H groups in total. The topological polar surface area (TPSA) is 58.0 Å². The van der Waals surface area contributed by atoms with E-state index in [1.54, 1.807) is 12.2 Å². The van der Waals surface area contributed by atoms with Crippen LogP contribution < -0.4 is 5.56 Å². The van der Waals surface area contributed by atoms with Gasteiger partial charge in [-0.2, -0.15) is 0 Å². The van der Waals surface area contributed by atoms with Gasteiger partial charge in [-0.25, -0.2) is 0 Å². The zero-order valence-electron chi connectivity index (χ0n) is 10.9. The molecule has 0 aromatic carbocycles. The third-order valence-corrected chi connectivity index (χ3v) is 2.59. The van der Waals surface area contributed by atoms with Crippen LogP contribution in [0.1, 0.15) is 26.3 Å². The molecular weight excluding hydrogens is 248 g/mol. The molecule has 98 valence electrons. The Kier molecular flexibility index (Phi) is 4.29. The van der Waals surface area contributed by atoms with Crippen molar-refractivity contribution in [3.63, 3.8) is 0 Å². The van der Waals surface area contributed by atoms with Crippen molar-refractivity contribution >= 4 is 18.3 Å². The highest BCUT2D eigenvalue weighted by atomic mass is 32.1. The smallest absolute Gasteiger partial charge is 0.262 e. The summed E-state index contributed by atoms with van der Waals surface area (Å²) in [5.74, 6) is -0.135. The van der Waals surface area contributed by atoms with Crippen molar-refractivity contribution < 1.29 is 5.11 Å². The first kappa shape index (κ1) is 14.4. The van der Waals surface area contributed by atoms with Gasteiger partial charge in [0, 0.05) is 6.54 Å². The van der Waals surface area contributed by atoms with Gasteiger partial charge in [-0.3, -0.25) is 14.3 Å². The highest BCUT2D eigenvalue weighted by Crippen LogP contribution is 2.20. The van der Waals surface area contributed by atoms with E-state index in [1.165, 1.54) is 4.57 Å². The largest absolute Gasteiger partial charge is 0.494 e. The van der Waals surface area contributed by atoms with Gasteiger partial charge < -0.3 is 5.11 Å². The van der Waals surface area contributed by atoms with E-state index in [1.807, 2.05) is 26.8 Å². The normalized spacial score (nSPS) is 11.9. The molecule has 4 nitrogen and oxygen atoms in total. The number of H-pyrrole nitrogens is 1. The quantitative estimate of drug-likeness (QED) is 0.653. The number of nitrogens with zero attached hydrogens (tertiary/aromatic N) is 1. The van der Waals surface area contributed by atoms with Crippen LogP contribution >= 0.6 is 12.2 Å². The molecule has 5 heteroatoms. The molecule has 0 fully saturated rings. The van der Waals surface area contributed by atoms with Crippen LogP contribution in [0.3, 0.4) is 0 Å². The summed E-state index contributed by atoms with van der Waals surface area (Å²) in [7, 11) is 0. The Hall–Kier alpha value is -1.62. The van der Waals surface area contributed by atoms with Gasteiger partial charge in [0.05, 0.1) is 5.56 Å². The molecule has 0 saturated heterocycles. The predicted octanol–water partition coefficient (Wildman–Crippen LogP) is 2.86. The van der Waals surface area contributed by atoms with E-state index in [0.29, 0.717) is 6.54 Å². The fourth-order valence-corrected chi connectivity index (χ4v) is 1.61. The lowest BCUT2D eigenvalue weighted by atomic mass is 9.95. The van der Waals surface area contributed by atoms with E-state index in [9.17, 15) is 9.90 Å². The lowest BCUT2D eigenvalue weighted by molar-refractivity contribution is 0.412. The Morgan fingerprint density at radius 2 is 2.11 bits per heavy atom. The first-order chi connectivity index (χ1) is 8.26. The van der Waals surface area contributed by atoms with Crippen LogP contribution in [-0.2, 0) is 6.54 Å². The maximum atomic E-state index is 11.8. The second-order valence-electron chi connectivity index (χ2n) is 5.10. The summed E-state index contributed by atoms with van der Waals surface area (Å²) in [5.41, 5.74) is -0.256. The fourth-order valence-electron chi connectivity index (χ4n) is 1.36. The van der Waals surface area contributed by atoms with Gasteiger partial charge in [0.15, 0.2) is 4.77 Å². The lowest BCUT2D eigenvalue weighted by Gasteiger charge is -2.12. The molecule has 1 rings (SSSR count). The highest BCUT2D eigenvalue weighted by Gasteiger charge is 2.11. The van der Waals surface area contributed by atoms with Crippen LogP contribution in [0.25, 0.3) is 6.08 Å². The summed E-state index contributed by atoms with van der Waals surface area (Å²) >= 11 is 4.99. The number of aromatic amines is 1. The molecule has 0 atom stereocenters. The van der Waals surface area contributed by atoms with Crippen molar-refractivity contribution in [2.75, 3.05) is 0 Å². The van der Waals surface area contributed by atoms with E-state index < -0.39 is 5.56 Å². The van der Waals surface area contributed by atoms with Crippen molar-refractivity contribution in [3.05, 3.63) is 39.4 Å². The third kappa shape index (κ3) is 3.43. The van der Waals surface area contributed by atoms with E-state index in [4.69, 9.17) is 12.2 Å². The van der Waals surface area contributed by atoms with Gasteiger partial charge in [0.2, 0.25) is 5.88 Å². The number of hydrogen-bond donors (Lipinski definition) is 2. The Morgan fingerprint density at radius 1 is 1.50 bits per heavy atom. The molecule has 1 aromatic rings. The Labute approximate surface area is 111 Å². The minimum atomic E-state index is -0.390. The van der Waals surface area contributed by atoms with Gasteiger partial charge in [-0.15, -0.1) is 6.58 Å². The van der Waals surface area contributed by atoms with Crippen molar-refractivity contribution in [1.29, 1.82) is 0 Å². The molecule has 0 saturated carbocycles. The van der Waals surface area contributed by atoms with Crippen LogP contribution in [0.4, 0.5) is 0 Å². The zero-order chi connectivity index (χ0) is 13.9. The summed E-state index contributed by atoms with van der Waals surface area (Å²) in [6.45, 7) is 9.96. The fraction of sp³-hybridized carbons (Fsp3) is 0.385. The van der Waals surface area contributed by atoms with Gasteiger partial charge in [0.1, 0.15) is 0 Å². The predicted molar refractivity (Wildman–Crippen MR) is 76.2 cm³/mol. The number of rotatable bonds is 3. The minimum absolute atomic E-state index is 0.0746. The molecule has 0 radical (unpaired) electrons. The molecule has 0 amide bonds. The van der Waals surface area contributed by atoms with E-state index in [-0.39, 0.29) is 21.6 Å². The van der Waals surface area contributed by atoms with Gasteiger partial charge in [0.25, 0.3) is 5.56 Å². The third-order valence-electron chi connectivity index (χ3n) is 2.27. The van der Waals surface area contributed by atoms with Crippen LogP contribution in [0.15, 0.2) is 23.5 Å². The lowest BCUT2D eigenvalue weighted by Crippen LogP contribution is -2.16. The van der Waals surface area contributed by atoms with Gasteiger partial charge in [-0.1, -0.05) is 32.9 Å². The number of nitrogens with one attached hydrogen (secondary N) is 1. The number of aromatic nitrogens is 2. The molecule has 0 aliphatic rings. The SMILES string of the molecule is C=CCn1c(O)c(C=CC(C)(C)C)c(=O)[nH]c1=S. The molecule has 0 spiro atoms. The molecule has 0 bridgehead atoms. The number of hydrogen-bond acceptors (Lipinski definition) is 3. The maximum Gasteiger partial charge on any atom is 0.262 e. The second kappa shape index (κ2) is 5.35. The standard InChI is InChI=1S/C13H18N2O2S/c1-5-8-15-11(17)9(6-7-13(2,3)4)10(16)14-12(15)18/h5-7,17H,1,8H2,2-4H3,(H,14,16,18). The summed E-state index contributed by atoms with van der Waals surface area (Å²) < 4.78 is 1.61. The molecule has 18 heavy (non-hydrogen) atoms. The molecule has 0 unspecified atom stereocenters. The number of allylic oxidation sites excluding steroid dienone is 2. The minimum Gasteiger partial charge on any atom is -0.494 e. The van der Waals surface area contributed by atoms with Gasteiger partial charge in [-0.05, 0) is 23.7 Å². The second-order valence-corrected chi connectivity index (χ2v) is 5.48. The maximum absolute atomic E-state index is 11.8. The van der Waals surface area contributed by atoms with Crippen molar-refractivity contribution in [3.8, 4) is 5.88 Å². The van der Waals surface area contributed by atoms with E-state index in [2.05, 4.69) is 11.6 Å². The summed E-state index contributed by atoms with van der Waals surface area (Å²) in [6, 6.07) is 0. The zero-order valence-corrected chi connectivity index (χ0v) is 11.7. The van der Waals surface area contributed by atoms with Crippen LogP contribution in [0.2, 0.25) is 0 Å². The van der Waals surface area contributed by atoms with E-state index >= 15 is 0 Å². The van der Waals surface area contributed by atoms with Crippen molar-refractivity contribution in [2.24, 2.45) is 5.41 Å². The van der Waals surface area contributed by atoms with Crippen LogP contribution in [0.5, 0.6) is 5.88 Å². The Bertz CT molecular complexity index is 588. The monoisotopic (exact) mass is 266 g/mol. The first-order valence-electron chi connectivity index (χ1n) is 5.62. The molecular formula is C13H18N2O2S. The number of aromatic hydroxyl groups is 1. The highest BCUT2D eigenvalue weighted by molar-refractivity contribution is 7.71. The first-order valence-corrected chi connectivity index (χ1v) is 6.03. The molecule has 1 heterocycles. The van der Waals surface area contributed by atoms with Crippen LogP contribution in [0, 0.1) is 10.2 Å².